The molecule has 2 atom stereocenters. The van der Waals surface area contributed by atoms with Crippen molar-refractivity contribution in [2.75, 3.05) is 19.4 Å². The summed E-state index contributed by atoms with van der Waals surface area (Å²) in [6.07, 6.45) is 0.460. The Morgan fingerprint density at radius 1 is 1.18 bits per heavy atom. The van der Waals surface area contributed by atoms with Gasteiger partial charge < -0.3 is 21.5 Å². The molecule has 2 aromatic rings. The molecule has 1 aliphatic rings. The molecule has 0 saturated carbocycles. The largest absolute Gasteiger partial charge is 0.465 e. The van der Waals surface area contributed by atoms with Crippen LogP contribution >= 0.6 is 0 Å². The third-order valence-electron chi connectivity index (χ3n) is 5.75. The lowest BCUT2D eigenvalue weighted by Gasteiger charge is -2.35. The molecule has 1 aliphatic heterocycles. The van der Waals surface area contributed by atoms with E-state index in [0.29, 0.717) is 29.8 Å². The molecule has 2 aromatic carbocycles. The zero-order valence-electron chi connectivity index (χ0n) is 18.3. The zero-order chi connectivity index (χ0) is 24.1. The van der Waals surface area contributed by atoms with Gasteiger partial charge in [0.05, 0.1) is 18.6 Å². The second-order valence-corrected chi connectivity index (χ2v) is 8.00. The van der Waals surface area contributed by atoms with Crippen LogP contribution in [0.3, 0.4) is 0 Å². The normalized spacial score (nSPS) is 18.0. The smallest absolute Gasteiger partial charge is 0.337 e. The van der Waals surface area contributed by atoms with Crippen molar-refractivity contribution in [1.82, 2.24) is 10.3 Å². The maximum absolute atomic E-state index is 12.8. The highest BCUT2D eigenvalue weighted by Crippen LogP contribution is 2.36. The average molecular weight is 453 g/mol. The molecule has 1 fully saturated rings. The van der Waals surface area contributed by atoms with Crippen LogP contribution in [0.4, 0.5) is 5.69 Å². The van der Waals surface area contributed by atoms with Crippen LogP contribution in [0.2, 0.25) is 0 Å². The third kappa shape index (κ3) is 5.66. The van der Waals surface area contributed by atoms with Gasteiger partial charge in [0.25, 0.3) is 0 Å². The van der Waals surface area contributed by atoms with Crippen LogP contribution in [0.15, 0.2) is 42.5 Å². The SMILES string of the molecule is COC(=O)c1cc(N)cc(C2CCN(N)C(=O)C2CC(=O)NCc2ccc(C(=N)N)cc2)c1. The van der Waals surface area contributed by atoms with Crippen LogP contribution in [0.1, 0.15) is 45.8 Å². The molecule has 2 amide bonds. The van der Waals surface area contributed by atoms with E-state index in [-0.39, 0.29) is 42.1 Å². The fourth-order valence-corrected chi connectivity index (χ4v) is 4.00. The van der Waals surface area contributed by atoms with E-state index in [1.54, 1.807) is 36.4 Å². The van der Waals surface area contributed by atoms with Gasteiger partial charge >= 0.3 is 5.97 Å². The lowest BCUT2D eigenvalue weighted by atomic mass is 9.78. The standard InChI is InChI=1S/C23H28N6O4/c1-33-23(32)16-8-15(9-17(24)10-16)18-6-7-29(27)22(31)19(18)11-20(30)28-12-13-2-4-14(5-3-13)21(25)26/h2-5,8-10,18-19H,6-7,11-12,24,27H2,1H3,(H3,25,26)(H,28,30). The van der Waals surface area contributed by atoms with Gasteiger partial charge in [-0.3, -0.25) is 20.0 Å². The molecule has 0 aromatic heterocycles. The van der Waals surface area contributed by atoms with Crippen LogP contribution in [0.25, 0.3) is 0 Å². The fourth-order valence-electron chi connectivity index (χ4n) is 4.00. The van der Waals surface area contributed by atoms with E-state index in [1.165, 1.54) is 13.2 Å². The number of carbonyl (C=O) groups excluding carboxylic acids is 3. The minimum atomic E-state index is -0.698. The Morgan fingerprint density at radius 2 is 1.88 bits per heavy atom. The summed E-state index contributed by atoms with van der Waals surface area (Å²) in [6.45, 7) is 0.589. The van der Waals surface area contributed by atoms with Gasteiger partial charge in [-0.1, -0.05) is 24.3 Å². The van der Waals surface area contributed by atoms with Crippen molar-refractivity contribution in [1.29, 1.82) is 5.41 Å². The second-order valence-electron chi connectivity index (χ2n) is 8.00. The highest BCUT2D eigenvalue weighted by Gasteiger charge is 2.38. The number of hydrazine groups is 1. The Hall–Kier alpha value is -3.92. The third-order valence-corrected chi connectivity index (χ3v) is 5.75. The molecule has 33 heavy (non-hydrogen) atoms. The number of carbonyl (C=O) groups is 3. The molecule has 3 rings (SSSR count). The first-order valence-electron chi connectivity index (χ1n) is 10.4. The molecule has 0 aliphatic carbocycles. The number of nitrogens with two attached hydrogens (primary N) is 3. The summed E-state index contributed by atoms with van der Waals surface area (Å²) in [4.78, 5) is 37.5. The summed E-state index contributed by atoms with van der Waals surface area (Å²) in [5.41, 5.74) is 14.2. The van der Waals surface area contributed by atoms with Gasteiger partial charge in [0.2, 0.25) is 11.8 Å². The first-order valence-corrected chi connectivity index (χ1v) is 10.4. The number of amides is 2. The van der Waals surface area contributed by atoms with Crippen molar-refractivity contribution in [3.05, 3.63) is 64.7 Å². The lowest BCUT2D eigenvalue weighted by Crippen LogP contribution is -2.49. The van der Waals surface area contributed by atoms with E-state index >= 15 is 0 Å². The molecule has 0 bridgehead atoms. The topological polar surface area (TPSA) is 178 Å². The summed E-state index contributed by atoms with van der Waals surface area (Å²) < 4.78 is 4.79. The zero-order valence-corrected chi connectivity index (χ0v) is 18.3. The van der Waals surface area contributed by atoms with Gasteiger partial charge in [-0.15, -0.1) is 0 Å². The number of esters is 1. The van der Waals surface area contributed by atoms with Gasteiger partial charge in [-0.25, -0.2) is 10.6 Å². The van der Waals surface area contributed by atoms with Crippen molar-refractivity contribution >= 4 is 29.3 Å². The molecule has 1 saturated heterocycles. The second kappa shape index (κ2) is 10.1. The molecule has 10 heteroatoms. The lowest BCUT2D eigenvalue weighted by molar-refractivity contribution is -0.142. The Labute approximate surface area is 191 Å². The summed E-state index contributed by atoms with van der Waals surface area (Å²) in [5, 5.41) is 11.4. The molecular formula is C23H28N6O4. The summed E-state index contributed by atoms with van der Waals surface area (Å²) in [6, 6.07) is 11.8. The van der Waals surface area contributed by atoms with Crippen molar-refractivity contribution in [3.63, 3.8) is 0 Å². The first kappa shape index (κ1) is 23.7. The molecule has 8 N–H and O–H groups in total. The van der Waals surface area contributed by atoms with E-state index < -0.39 is 11.9 Å². The van der Waals surface area contributed by atoms with Crippen molar-refractivity contribution in [2.24, 2.45) is 17.5 Å². The molecule has 1 heterocycles. The monoisotopic (exact) mass is 452 g/mol. The van der Waals surface area contributed by atoms with Crippen molar-refractivity contribution in [2.45, 2.75) is 25.3 Å². The predicted molar refractivity (Wildman–Crippen MR) is 123 cm³/mol. The molecular weight excluding hydrogens is 424 g/mol. The van der Waals surface area contributed by atoms with Gasteiger partial charge in [0, 0.05) is 30.8 Å². The highest BCUT2D eigenvalue weighted by atomic mass is 16.5. The Kier molecular flexibility index (Phi) is 7.29. The molecule has 2 unspecified atom stereocenters. The Balaban J connectivity index is 1.75. The van der Waals surface area contributed by atoms with E-state index in [2.05, 4.69) is 5.32 Å². The van der Waals surface area contributed by atoms with Crippen molar-refractivity contribution in [3.8, 4) is 0 Å². The van der Waals surface area contributed by atoms with E-state index in [0.717, 1.165) is 10.6 Å². The molecule has 174 valence electrons. The first-order chi connectivity index (χ1) is 15.7. The number of hydrogen-bond donors (Lipinski definition) is 5. The number of anilines is 1. The summed E-state index contributed by atoms with van der Waals surface area (Å²) in [7, 11) is 1.28. The highest BCUT2D eigenvalue weighted by molar-refractivity contribution is 5.95. The van der Waals surface area contributed by atoms with Gasteiger partial charge in [-0.2, -0.15) is 0 Å². The van der Waals surface area contributed by atoms with Gasteiger partial charge in [0.1, 0.15) is 5.84 Å². The number of hydrogen-bond acceptors (Lipinski definition) is 7. The number of benzene rings is 2. The fraction of sp³-hybridized carbons (Fsp3) is 0.304. The van der Waals surface area contributed by atoms with Gasteiger partial charge in [0.15, 0.2) is 0 Å². The van der Waals surface area contributed by atoms with Crippen LogP contribution < -0.4 is 22.6 Å². The van der Waals surface area contributed by atoms with Crippen LogP contribution in [-0.2, 0) is 20.9 Å². The summed E-state index contributed by atoms with van der Waals surface area (Å²) >= 11 is 0. The number of nitrogen functional groups attached to an aromatic ring is 2. The minimum Gasteiger partial charge on any atom is -0.465 e. The van der Waals surface area contributed by atoms with E-state index in [9.17, 15) is 14.4 Å². The number of rotatable bonds is 7. The Bertz CT molecular complexity index is 1070. The maximum atomic E-state index is 12.8. The van der Waals surface area contributed by atoms with E-state index in [1.807, 2.05) is 0 Å². The van der Waals surface area contributed by atoms with E-state index in [4.69, 9.17) is 27.5 Å². The number of piperidine rings is 1. The Morgan fingerprint density at radius 3 is 2.52 bits per heavy atom. The van der Waals surface area contributed by atoms with Crippen LogP contribution in [0, 0.1) is 11.3 Å². The average Bonchev–Trinajstić information content (AvgIpc) is 2.80. The van der Waals surface area contributed by atoms with Crippen LogP contribution in [-0.4, -0.2) is 42.3 Å². The molecule has 0 radical (unpaired) electrons. The molecule has 10 nitrogen and oxygen atoms in total. The van der Waals surface area contributed by atoms with Crippen LogP contribution in [0.5, 0.6) is 0 Å². The number of amidine groups is 1. The number of nitrogens with zero attached hydrogens (tertiary/aromatic N) is 1. The minimum absolute atomic E-state index is 0.0318. The predicted octanol–water partition coefficient (Wildman–Crippen LogP) is 0.852. The molecule has 0 spiro atoms. The quantitative estimate of drug-likeness (QED) is 0.103. The maximum Gasteiger partial charge on any atom is 0.337 e. The number of methoxy groups -OCH3 is 1. The summed E-state index contributed by atoms with van der Waals surface area (Å²) in [5.74, 6) is 3.61. The van der Waals surface area contributed by atoms with Gasteiger partial charge in [-0.05, 0) is 41.7 Å². The number of ether oxygens (including phenoxy) is 1. The number of nitrogens with one attached hydrogen (secondary N) is 2. The van der Waals surface area contributed by atoms with Crippen molar-refractivity contribution < 1.29 is 19.1 Å².